The first-order valence-electron chi connectivity index (χ1n) is 2.40. The van der Waals surface area contributed by atoms with Crippen LogP contribution in [0.4, 0.5) is 0 Å². The van der Waals surface area contributed by atoms with E-state index >= 15 is 0 Å². The molecule has 6 nitrogen and oxygen atoms in total. The van der Waals surface area contributed by atoms with Crippen molar-refractivity contribution in [1.29, 1.82) is 0 Å². The summed E-state index contributed by atoms with van der Waals surface area (Å²) in [6.45, 7) is 0. The Morgan fingerprint density at radius 3 is 2.09 bits per heavy atom. The first-order valence-corrected chi connectivity index (χ1v) is 3.84. The van der Waals surface area contributed by atoms with E-state index in [-0.39, 0.29) is 0 Å². The molecule has 0 saturated heterocycles. The summed E-state index contributed by atoms with van der Waals surface area (Å²) in [5.41, 5.74) is 0. The lowest BCUT2D eigenvalue weighted by molar-refractivity contribution is 0.306. The molecule has 7 heteroatoms. The van der Waals surface area contributed by atoms with Gasteiger partial charge in [0.1, 0.15) is 6.26 Å². The normalized spacial score (nSPS) is 11.7. The van der Waals surface area contributed by atoms with Crippen molar-refractivity contribution in [2.24, 2.45) is 0 Å². The van der Waals surface area contributed by atoms with E-state index in [0.717, 1.165) is 0 Å². The highest BCUT2D eigenvalue weighted by atomic mass is 32.2. The zero-order chi connectivity index (χ0) is 8.65. The van der Waals surface area contributed by atoms with Crippen molar-refractivity contribution in [2.75, 3.05) is 0 Å². The second kappa shape index (κ2) is 2.14. The Bertz CT molecular complexity index is 360. The lowest BCUT2D eigenvalue weighted by Crippen LogP contribution is -1.95. The summed E-state index contributed by atoms with van der Waals surface area (Å²) in [6.07, 6.45) is 0.528. The van der Waals surface area contributed by atoms with E-state index in [9.17, 15) is 8.42 Å². The third-order valence-corrected chi connectivity index (χ3v) is 1.84. The molecule has 0 amide bonds. The molecule has 1 aromatic heterocycles. The quantitative estimate of drug-likeness (QED) is 0.522. The topological polar surface area (TPSA) is 108 Å². The molecule has 0 aliphatic heterocycles. The third-order valence-electron chi connectivity index (χ3n) is 0.991. The van der Waals surface area contributed by atoms with Gasteiger partial charge in [0.2, 0.25) is 5.75 Å². The summed E-state index contributed by atoms with van der Waals surface area (Å²) >= 11 is 0. The summed E-state index contributed by atoms with van der Waals surface area (Å²) in [5.74, 6) is -1.94. The first kappa shape index (κ1) is 7.89. The van der Waals surface area contributed by atoms with E-state index in [0.29, 0.717) is 6.26 Å². The van der Waals surface area contributed by atoms with Gasteiger partial charge in [-0.05, 0) is 0 Å². The van der Waals surface area contributed by atoms with Crippen molar-refractivity contribution in [2.45, 2.75) is 4.90 Å². The lowest BCUT2D eigenvalue weighted by Gasteiger charge is -1.89. The monoisotopic (exact) mass is 180 g/mol. The highest BCUT2D eigenvalue weighted by Crippen LogP contribution is 2.33. The molecule has 0 atom stereocenters. The summed E-state index contributed by atoms with van der Waals surface area (Å²) in [4.78, 5) is -0.852. The van der Waals surface area contributed by atoms with Crippen LogP contribution in [-0.4, -0.2) is 23.2 Å². The zero-order valence-corrected chi connectivity index (χ0v) is 5.87. The maximum absolute atomic E-state index is 10.3. The van der Waals surface area contributed by atoms with Crippen LogP contribution < -0.4 is 0 Å². The van der Waals surface area contributed by atoms with E-state index in [1.54, 1.807) is 0 Å². The molecule has 0 spiro atoms. The van der Waals surface area contributed by atoms with Gasteiger partial charge in [-0.25, -0.2) is 0 Å². The van der Waals surface area contributed by atoms with Gasteiger partial charge in [0.05, 0.1) is 0 Å². The molecule has 0 aliphatic carbocycles. The maximum Gasteiger partial charge on any atom is 0.327 e. The zero-order valence-electron chi connectivity index (χ0n) is 5.05. The number of aromatic hydroxyl groups is 2. The molecular formula is C4H4O6S. The minimum atomic E-state index is -4.52. The van der Waals surface area contributed by atoms with Gasteiger partial charge < -0.3 is 14.6 Å². The van der Waals surface area contributed by atoms with Crippen LogP contribution in [0.2, 0.25) is 0 Å². The first-order chi connectivity index (χ1) is 4.93. The Morgan fingerprint density at radius 2 is 1.91 bits per heavy atom. The van der Waals surface area contributed by atoms with Gasteiger partial charge >= 0.3 is 16.1 Å². The van der Waals surface area contributed by atoms with Gasteiger partial charge in [-0.2, -0.15) is 8.42 Å². The summed E-state index contributed by atoms with van der Waals surface area (Å²) < 4.78 is 33.0. The van der Waals surface area contributed by atoms with Crippen molar-refractivity contribution in [1.82, 2.24) is 0 Å². The van der Waals surface area contributed by atoms with Crippen LogP contribution in [0, 0.1) is 0 Å². The van der Waals surface area contributed by atoms with Crippen molar-refractivity contribution in [3.8, 4) is 11.7 Å². The summed E-state index contributed by atoms with van der Waals surface area (Å²) in [5, 5.41) is 17.2. The van der Waals surface area contributed by atoms with Crippen LogP contribution in [-0.2, 0) is 10.1 Å². The van der Waals surface area contributed by atoms with Gasteiger partial charge in [0.25, 0.3) is 0 Å². The van der Waals surface area contributed by atoms with Crippen molar-refractivity contribution in [3.63, 3.8) is 0 Å². The molecule has 0 radical (unpaired) electrons. The number of furan rings is 1. The molecule has 1 rings (SSSR count). The molecule has 3 N–H and O–H groups in total. The standard InChI is InChI=1S/C4H4O6S/c5-3-2(11(7,8)9)1-10-4(3)6/h1,5-6H,(H,7,8,9). The molecule has 0 saturated carbocycles. The van der Waals surface area contributed by atoms with Gasteiger partial charge in [0, 0.05) is 0 Å². The SMILES string of the molecule is O=S(=O)(O)c1coc(O)c1O. The molecule has 0 fully saturated rings. The molecule has 0 bridgehead atoms. The van der Waals surface area contributed by atoms with Crippen LogP contribution in [0.15, 0.2) is 15.6 Å². The molecule has 62 valence electrons. The van der Waals surface area contributed by atoms with Crippen LogP contribution in [0.25, 0.3) is 0 Å². The smallest absolute Gasteiger partial charge is 0.327 e. The minimum Gasteiger partial charge on any atom is -0.501 e. The minimum absolute atomic E-state index is 0.528. The summed E-state index contributed by atoms with van der Waals surface area (Å²) in [6, 6.07) is 0. The van der Waals surface area contributed by atoms with E-state index < -0.39 is 26.7 Å². The maximum atomic E-state index is 10.3. The van der Waals surface area contributed by atoms with Gasteiger partial charge in [0.15, 0.2) is 4.90 Å². The van der Waals surface area contributed by atoms with E-state index in [4.69, 9.17) is 14.8 Å². The second-order valence-corrected chi connectivity index (χ2v) is 3.12. The van der Waals surface area contributed by atoms with E-state index in [2.05, 4.69) is 4.42 Å². The van der Waals surface area contributed by atoms with Gasteiger partial charge in [-0.15, -0.1) is 0 Å². The second-order valence-electron chi connectivity index (χ2n) is 1.73. The Hall–Kier alpha value is -1.21. The van der Waals surface area contributed by atoms with Crippen LogP contribution in [0.5, 0.6) is 11.7 Å². The molecular weight excluding hydrogens is 176 g/mol. The Labute approximate surface area is 61.4 Å². The molecule has 0 unspecified atom stereocenters. The molecule has 0 aliphatic rings. The highest BCUT2D eigenvalue weighted by Gasteiger charge is 2.21. The highest BCUT2D eigenvalue weighted by molar-refractivity contribution is 7.86. The third kappa shape index (κ3) is 1.28. The largest absolute Gasteiger partial charge is 0.501 e. The van der Waals surface area contributed by atoms with Crippen molar-refractivity contribution < 1.29 is 27.6 Å². The average molecular weight is 180 g/mol. The van der Waals surface area contributed by atoms with Crippen molar-refractivity contribution >= 4 is 10.1 Å². The lowest BCUT2D eigenvalue weighted by atomic mass is 10.6. The van der Waals surface area contributed by atoms with E-state index in [1.165, 1.54) is 0 Å². The fourth-order valence-corrected chi connectivity index (χ4v) is 1.01. The van der Waals surface area contributed by atoms with Crippen LogP contribution >= 0.6 is 0 Å². The fourth-order valence-electron chi connectivity index (χ4n) is 0.509. The Morgan fingerprint density at radius 1 is 1.36 bits per heavy atom. The predicted octanol–water partition coefficient (Wildman–Crippen LogP) is -0.0625. The molecule has 1 aromatic rings. The Balaban J connectivity index is 3.38. The van der Waals surface area contributed by atoms with Crippen LogP contribution in [0.1, 0.15) is 0 Å². The number of hydrogen-bond donors (Lipinski definition) is 3. The molecule has 1 heterocycles. The van der Waals surface area contributed by atoms with E-state index in [1.807, 2.05) is 0 Å². The molecule has 11 heavy (non-hydrogen) atoms. The average Bonchev–Trinajstić information content (AvgIpc) is 2.11. The van der Waals surface area contributed by atoms with Crippen LogP contribution in [0.3, 0.4) is 0 Å². The Kier molecular flexibility index (Phi) is 1.53. The van der Waals surface area contributed by atoms with Gasteiger partial charge in [-0.1, -0.05) is 0 Å². The summed E-state index contributed by atoms with van der Waals surface area (Å²) in [7, 11) is -4.52. The fraction of sp³-hybridized carbons (Fsp3) is 0. The van der Waals surface area contributed by atoms with Gasteiger partial charge in [-0.3, -0.25) is 4.55 Å². The number of hydrogen-bond acceptors (Lipinski definition) is 5. The molecule has 0 aromatic carbocycles. The predicted molar refractivity (Wildman–Crippen MR) is 31.9 cm³/mol. The number of rotatable bonds is 1. The van der Waals surface area contributed by atoms with Crippen molar-refractivity contribution in [3.05, 3.63) is 6.26 Å².